The molecule has 1 aromatic carbocycles. The number of ether oxygens (including phenoxy) is 3. The lowest BCUT2D eigenvalue weighted by Gasteiger charge is -2.17. The number of allylic oxidation sites excluding steroid dienone is 2. The Morgan fingerprint density at radius 1 is 0.962 bits per heavy atom. The zero-order chi connectivity index (χ0) is 18.5. The Labute approximate surface area is 157 Å². The standard InChI is InChI=1S/C21H22O4S/c1-23-18-11-14(12-19(24-2)21(18)25-3)10-15-6-4-7-16(20(15)22)13-17-8-5-9-26-17/h5,8-13H,4,6-7H2,1-3H3/b15-10-,16-13-. The van der Waals surface area contributed by atoms with Crippen molar-refractivity contribution < 1.29 is 19.0 Å². The third-order valence-electron chi connectivity index (χ3n) is 4.36. The molecule has 26 heavy (non-hydrogen) atoms. The molecule has 5 heteroatoms. The second kappa shape index (κ2) is 8.23. The van der Waals surface area contributed by atoms with Gasteiger partial charge in [-0.15, -0.1) is 11.3 Å². The molecular formula is C21H22O4S. The monoisotopic (exact) mass is 370 g/mol. The summed E-state index contributed by atoms with van der Waals surface area (Å²) in [4.78, 5) is 14.0. The number of thiophene rings is 1. The molecule has 1 heterocycles. The zero-order valence-corrected chi connectivity index (χ0v) is 16.0. The lowest BCUT2D eigenvalue weighted by molar-refractivity contribution is -0.112. The van der Waals surface area contributed by atoms with Crippen molar-refractivity contribution >= 4 is 29.3 Å². The highest BCUT2D eigenvalue weighted by molar-refractivity contribution is 7.10. The van der Waals surface area contributed by atoms with Gasteiger partial charge in [0.1, 0.15) is 0 Å². The van der Waals surface area contributed by atoms with Gasteiger partial charge in [0.2, 0.25) is 5.75 Å². The second-order valence-corrected chi connectivity index (χ2v) is 6.98. The van der Waals surface area contributed by atoms with Gasteiger partial charge < -0.3 is 14.2 Å². The van der Waals surface area contributed by atoms with E-state index in [4.69, 9.17) is 14.2 Å². The maximum atomic E-state index is 12.9. The van der Waals surface area contributed by atoms with Crippen LogP contribution in [0.3, 0.4) is 0 Å². The molecule has 1 aliphatic carbocycles. The van der Waals surface area contributed by atoms with Crippen LogP contribution in [0.15, 0.2) is 40.8 Å². The van der Waals surface area contributed by atoms with Crippen molar-refractivity contribution in [1.82, 2.24) is 0 Å². The number of carbonyl (C=O) groups is 1. The average Bonchev–Trinajstić information content (AvgIpc) is 3.17. The van der Waals surface area contributed by atoms with E-state index < -0.39 is 0 Å². The van der Waals surface area contributed by atoms with Crippen LogP contribution in [-0.2, 0) is 4.79 Å². The van der Waals surface area contributed by atoms with Crippen molar-refractivity contribution in [1.29, 1.82) is 0 Å². The van der Waals surface area contributed by atoms with Crippen LogP contribution in [0, 0.1) is 0 Å². The number of hydrogen-bond acceptors (Lipinski definition) is 5. The smallest absolute Gasteiger partial charge is 0.203 e. The van der Waals surface area contributed by atoms with Crippen LogP contribution in [-0.4, -0.2) is 27.1 Å². The molecule has 2 aromatic rings. The maximum absolute atomic E-state index is 12.9. The highest BCUT2D eigenvalue weighted by Gasteiger charge is 2.21. The van der Waals surface area contributed by atoms with E-state index in [1.807, 2.05) is 41.8 Å². The van der Waals surface area contributed by atoms with Gasteiger partial charge in [-0.3, -0.25) is 4.79 Å². The third-order valence-corrected chi connectivity index (χ3v) is 5.18. The Balaban J connectivity index is 1.95. The van der Waals surface area contributed by atoms with Crippen LogP contribution in [0.25, 0.3) is 12.2 Å². The van der Waals surface area contributed by atoms with Crippen LogP contribution in [0.2, 0.25) is 0 Å². The van der Waals surface area contributed by atoms with Crippen LogP contribution in [0.4, 0.5) is 0 Å². The number of benzene rings is 1. The van der Waals surface area contributed by atoms with E-state index in [9.17, 15) is 4.79 Å². The van der Waals surface area contributed by atoms with Crippen molar-refractivity contribution in [2.75, 3.05) is 21.3 Å². The molecule has 136 valence electrons. The van der Waals surface area contributed by atoms with Gasteiger partial charge in [0.15, 0.2) is 17.3 Å². The number of rotatable bonds is 5. The first kappa shape index (κ1) is 18.3. The van der Waals surface area contributed by atoms with Crippen molar-refractivity contribution in [2.24, 2.45) is 0 Å². The third kappa shape index (κ3) is 3.83. The normalized spacial score (nSPS) is 17.6. The molecule has 3 rings (SSSR count). The molecule has 0 radical (unpaired) electrons. The molecule has 0 spiro atoms. The number of hydrogen-bond donors (Lipinski definition) is 0. The summed E-state index contributed by atoms with van der Waals surface area (Å²) in [6, 6.07) is 7.75. The fraction of sp³-hybridized carbons (Fsp3) is 0.286. The fourth-order valence-electron chi connectivity index (χ4n) is 3.11. The van der Waals surface area contributed by atoms with Crippen LogP contribution >= 0.6 is 11.3 Å². The van der Waals surface area contributed by atoms with Gasteiger partial charge in [-0.05, 0) is 60.6 Å². The first-order valence-corrected chi connectivity index (χ1v) is 9.33. The Bertz CT molecular complexity index is 822. The minimum Gasteiger partial charge on any atom is -0.493 e. The molecule has 1 aliphatic rings. The predicted octanol–water partition coefficient (Wildman–Crippen LogP) is 4.99. The Kier molecular flexibility index (Phi) is 5.78. The molecule has 0 bridgehead atoms. The lowest BCUT2D eigenvalue weighted by atomic mass is 9.87. The van der Waals surface area contributed by atoms with Gasteiger partial charge in [-0.25, -0.2) is 0 Å². The molecule has 0 saturated heterocycles. The molecule has 0 amide bonds. The van der Waals surface area contributed by atoms with E-state index in [-0.39, 0.29) is 5.78 Å². The van der Waals surface area contributed by atoms with Crippen molar-refractivity contribution in [3.63, 3.8) is 0 Å². The summed E-state index contributed by atoms with van der Waals surface area (Å²) in [5.41, 5.74) is 2.55. The van der Waals surface area contributed by atoms with Crippen molar-refractivity contribution in [3.8, 4) is 17.2 Å². The topological polar surface area (TPSA) is 44.8 Å². The molecule has 0 unspecified atom stereocenters. The molecule has 1 aromatic heterocycles. The number of carbonyl (C=O) groups excluding carboxylic acids is 1. The number of Topliss-reactive ketones (excluding diaryl/α,β-unsaturated/α-hetero) is 1. The number of methoxy groups -OCH3 is 3. The number of ketones is 1. The predicted molar refractivity (Wildman–Crippen MR) is 105 cm³/mol. The summed E-state index contributed by atoms with van der Waals surface area (Å²) in [5.74, 6) is 1.83. The molecule has 4 nitrogen and oxygen atoms in total. The largest absolute Gasteiger partial charge is 0.493 e. The van der Waals surface area contributed by atoms with E-state index in [0.29, 0.717) is 17.2 Å². The van der Waals surface area contributed by atoms with E-state index in [2.05, 4.69) is 0 Å². The summed E-state index contributed by atoms with van der Waals surface area (Å²) in [7, 11) is 4.74. The van der Waals surface area contributed by atoms with E-state index in [1.54, 1.807) is 32.7 Å². The molecule has 0 N–H and O–H groups in total. The lowest BCUT2D eigenvalue weighted by Crippen LogP contribution is -2.12. The van der Waals surface area contributed by atoms with Gasteiger partial charge in [-0.1, -0.05) is 6.07 Å². The molecule has 0 aliphatic heterocycles. The van der Waals surface area contributed by atoms with Gasteiger partial charge in [-0.2, -0.15) is 0 Å². The Morgan fingerprint density at radius 2 is 1.62 bits per heavy atom. The summed E-state index contributed by atoms with van der Waals surface area (Å²) in [6.45, 7) is 0. The van der Waals surface area contributed by atoms with Crippen LogP contribution < -0.4 is 14.2 Å². The first-order chi connectivity index (χ1) is 12.7. The van der Waals surface area contributed by atoms with Gasteiger partial charge in [0, 0.05) is 16.0 Å². The SMILES string of the molecule is COc1cc(/C=C2/CCC/C(=C/c3cccs3)C2=O)cc(OC)c1OC. The highest BCUT2D eigenvalue weighted by atomic mass is 32.1. The van der Waals surface area contributed by atoms with Crippen molar-refractivity contribution in [2.45, 2.75) is 19.3 Å². The van der Waals surface area contributed by atoms with Gasteiger partial charge in [0.05, 0.1) is 21.3 Å². The van der Waals surface area contributed by atoms with E-state index in [0.717, 1.165) is 40.8 Å². The van der Waals surface area contributed by atoms with E-state index >= 15 is 0 Å². The zero-order valence-electron chi connectivity index (χ0n) is 15.2. The summed E-state index contributed by atoms with van der Waals surface area (Å²) < 4.78 is 16.1. The summed E-state index contributed by atoms with van der Waals surface area (Å²) >= 11 is 1.64. The van der Waals surface area contributed by atoms with Gasteiger partial charge in [0.25, 0.3) is 0 Å². The molecule has 1 fully saturated rings. The van der Waals surface area contributed by atoms with Gasteiger partial charge >= 0.3 is 0 Å². The highest BCUT2D eigenvalue weighted by Crippen LogP contribution is 2.39. The minimum atomic E-state index is 0.124. The summed E-state index contributed by atoms with van der Waals surface area (Å²) in [6.07, 6.45) is 6.50. The quantitative estimate of drug-likeness (QED) is 0.695. The van der Waals surface area contributed by atoms with Crippen LogP contribution in [0.5, 0.6) is 17.2 Å². The second-order valence-electron chi connectivity index (χ2n) is 6.00. The molecule has 1 saturated carbocycles. The molecule has 0 atom stereocenters. The Morgan fingerprint density at radius 3 is 2.15 bits per heavy atom. The summed E-state index contributed by atoms with van der Waals surface area (Å²) in [5, 5.41) is 2.02. The fourth-order valence-corrected chi connectivity index (χ4v) is 3.79. The van der Waals surface area contributed by atoms with E-state index in [1.165, 1.54) is 0 Å². The Hall–Kier alpha value is -2.53. The maximum Gasteiger partial charge on any atom is 0.203 e. The molecular weight excluding hydrogens is 348 g/mol. The average molecular weight is 370 g/mol. The minimum absolute atomic E-state index is 0.124. The first-order valence-electron chi connectivity index (χ1n) is 8.45. The van der Waals surface area contributed by atoms with Crippen molar-refractivity contribution in [3.05, 3.63) is 51.2 Å². The van der Waals surface area contributed by atoms with Crippen LogP contribution in [0.1, 0.15) is 29.7 Å².